The lowest BCUT2D eigenvalue weighted by molar-refractivity contribution is -0.119. The molecule has 4 nitrogen and oxygen atoms in total. The van der Waals surface area contributed by atoms with Gasteiger partial charge < -0.3 is 15.0 Å². The number of hydrogen-bond acceptors (Lipinski definition) is 3. The Morgan fingerprint density at radius 2 is 2.22 bits per heavy atom. The monoisotopic (exact) mass is 318 g/mol. The smallest absolute Gasteiger partial charge is 0.216 e. The van der Waals surface area contributed by atoms with E-state index in [2.05, 4.69) is 42.3 Å². The number of carbonyl (C=O) groups excluding carboxylic acids is 1. The number of ether oxygens (including phenoxy) is 1. The first-order valence-electron chi connectivity index (χ1n) is 8.71. The number of likely N-dealkylation sites (tertiary alicyclic amines) is 1. The summed E-state index contributed by atoms with van der Waals surface area (Å²) in [4.78, 5) is 13.5. The third kappa shape index (κ3) is 6.22. The molecule has 1 amide bonds. The van der Waals surface area contributed by atoms with Crippen LogP contribution >= 0.6 is 0 Å². The highest BCUT2D eigenvalue weighted by molar-refractivity contribution is 5.72. The number of aryl methyl sites for hydroxylation is 2. The molecule has 1 aliphatic heterocycles. The highest BCUT2D eigenvalue weighted by atomic mass is 16.5. The Balaban J connectivity index is 1.67. The highest BCUT2D eigenvalue weighted by Gasteiger charge is 2.19. The maximum atomic E-state index is 11.0. The van der Waals surface area contributed by atoms with E-state index in [9.17, 15) is 4.79 Å². The number of carbonyl (C=O) groups is 1. The molecule has 1 heterocycles. The molecule has 0 saturated carbocycles. The first-order valence-corrected chi connectivity index (χ1v) is 8.71. The summed E-state index contributed by atoms with van der Waals surface area (Å²) in [5.41, 5.74) is 2.44. The first-order chi connectivity index (χ1) is 11.0. The Labute approximate surface area is 140 Å². The number of piperidine rings is 1. The second-order valence-corrected chi connectivity index (χ2v) is 6.72. The van der Waals surface area contributed by atoms with Crippen molar-refractivity contribution in [2.24, 2.45) is 5.92 Å². The molecule has 23 heavy (non-hydrogen) atoms. The van der Waals surface area contributed by atoms with Crippen molar-refractivity contribution in [3.05, 3.63) is 29.3 Å². The Kier molecular flexibility index (Phi) is 6.90. The van der Waals surface area contributed by atoms with Crippen molar-refractivity contribution < 1.29 is 9.53 Å². The SMILES string of the molecule is CC(=O)NCC1CCCN(CCCOc2cc(C)ccc2C)C1. The molecular formula is C19H30N2O2. The summed E-state index contributed by atoms with van der Waals surface area (Å²) in [6, 6.07) is 6.34. The Hall–Kier alpha value is -1.55. The van der Waals surface area contributed by atoms with Gasteiger partial charge in [0.2, 0.25) is 5.91 Å². The summed E-state index contributed by atoms with van der Waals surface area (Å²) in [6.45, 7) is 10.7. The third-order valence-electron chi connectivity index (χ3n) is 4.46. The quantitative estimate of drug-likeness (QED) is 0.786. The van der Waals surface area contributed by atoms with Crippen LogP contribution in [0.4, 0.5) is 0 Å². The fourth-order valence-corrected chi connectivity index (χ4v) is 3.14. The number of nitrogens with one attached hydrogen (secondary N) is 1. The van der Waals surface area contributed by atoms with Gasteiger partial charge in [0.25, 0.3) is 0 Å². The molecule has 1 aromatic carbocycles. The molecule has 1 unspecified atom stereocenters. The standard InChI is InChI=1S/C19H30N2O2/c1-15-7-8-16(2)19(12-15)23-11-5-10-21-9-4-6-18(14-21)13-20-17(3)22/h7-8,12,18H,4-6,9-11,13-14H2,1-3H3,(H,20,22). The summed E-state index contributed by atoms with van der Waals surface area (Å²) in [5.74, 6) is 1.67. The van der Waals surface area contributed by atoms with E-state index in [0.717, 1.165) is 38.4 Å². The molecule has 1 N–H and O–H groups in total. The van der Waals surface area contributed by atoms with Crippen molar-refractivity contribution in [3.8, 4) is 5.75 Å². The zero-order chi connectivity index (χ0) is 16.7. The highest BCUT2D eigenvalue weighted by Crippen LogP contribution is 2.20. The maximum absolute atomic E-state index is 11.0. The zero-order valence-corrected chi connectivity index (χ0v) is 14.7. The number of rotatable bonds is 7. The van der Waals surface area contributed by atoms with E-state index in [-0.39, 0.29) is 5.91 Å². The van der Waals surface area contributed by atoms with Crippen LogP contribution < -0.4 is 10.1 Å². The minimum atomic E-state index is 0.0732. The van der Waals surface area contributed by atoms with Gasteiger partial charge in [0, 0.05) is 26.6 Å². The van der Waals surface area contributed by atoms with Gasteiger partial charge in [0.1, 0.15) is 5.75 Å². The number of nitrogens with zero attached hydrogens (tertiary/aromatic N) is 1. The van der Waals surface area contributed by atoms with Gasteiger partial charge in [-0.3, -0.25) is 4.79 Å². The zero-order valence-electron chi connectivity index (χ0n) is 14.7. The van der Waals surface area contributed by atoms with Crippen LogP contribution in [-0.2, 0) is 4.79 Å². The number of amides is 1. The van der Waals surface area contributed by atoms with Crippen molar-refractivity contribution in [1.82, 2.24) is 10.2 Å². The van der Waals surface area contributed by atoms with Gasteiger partial charge in [-0.2, -0.15) is 0 Å². The number of hydrogen-bond donors (Lipinski definition) is 1. The van der Waals surface area contributed by atoms with Crippen molar-refractivity contribution >= 4 is 5.91 Å². The van der Waals surface area contributed by atoms with Crippen LogP contribution in [0.3, 0.4) is 0 Å². The Morgan fingerprint density at radius 3 is 3.00 bits per heavy atom. The minimum absolute atomic E-state index is 0.0732. The fourth-order valence-electron chi connectivity index (χ4n) is 3.14. The normalized spacial score (nSPS) is 18.7. The Bertz CT molecular complexity index is 516. The van der Waals surface area contributed by atoms with Gasteiger partial charge in [0.15, 0.2) is 0 Å². The van der Waals surface area contributed by atoms with Crippen LogP contribution in [0.1, 0.15) is 37.3 Å². The second-order valence-electron chi connectivity index (χ2n) is 6.72. The van der Waals surface area contributed by atoms with E-state index in [0.29, 0.717) is 5.92 Å². The van der Waals surface area contributed by atoms with E-state index in [1.165, 1.54) is 30.5 Å². The lowest BCUT2D eigenvalue weighted by Gasteiger charge is -2.32. The van der Waals surface area contributed by atoms with E-state index in [1.807, 2.05) is 0 Å². The van der Waals surface area contributed by atoms with Gasteiger partial charge in [-0.05, 0) is 62.8 Å². The van der Waals surface area contributed by atoms with Crippen LogP contribution in [0.25, 0.3) is 0 Å². The van der Waals surface area contributed by atoms with Gasteiger partial charge >= 0.3 is 0 Å². The third-order valence-corrected chi connectivity index (χ3v) is 4.46. The molecule has 1 atom stereocenters. The average Bonchev–Trinajstić information content (AvgIpc) is 2.53. The van der Waals surface area contributed by atoms with Crippen LogP contribution in [0.2, 0.25) is 0 Å². The summed E-state index contributed by atoms with van der Waals surface area (Å²) < 4.78 is 5.93. The molecule has 1 aliphatic rings. The second kappa shape index (κ2) is 8.92. The van der Waals surface area contributed by atoms with Crippen molar-refractivity contribution in [2.45, 2.75) is 40.0 Å². The molecular weight excluding hydrogens is 288 g/mol. The molecule has 1 saturated heterocycles. The van der Waals surface area contributed by atoms with Gasteiger partial charge in [0.05, 0.1) is 6.61 Å². The van der Waals surface area contributed by atoms with Crippen LogP contribution in [0.15, 0.2) is 18.2 Å². The molecule has 0 radical (unpaired) electrons. The van der Waals surface area contributed by atoms with E-state index < -0.39 is 0 Å². The predicted molar refractivity (Wildman–Crippen MR) is 93.9 cm³/mol. The van der Waals surface area contributed by atoms with E-state index in [4.69, 9.17) is 4.74 Å². The first kappa shape index (κ1) is 17.8. The summed E-state index contributed by atoms with van der Waals surface area (Å²) in [6.07, 6.45) is 3.48. The summed E-state index contributed by atoms with van der Waals surface area (Å²) >= 11 is 0. The van der Waals surface area contributed by atoms with E-state index >= 15 is 0 Å². The van der Waals surface area contributed by atoms with Crippen LogP contribution in [-0.4, -0.2) is 43.6 Å². The minimum Gasteiger partial charge on any atom is -0.493 e. The molecule has 1 fully saturated rings. The van der Waals surface area contributed by atoms with Crippen molar-refractivity contribution in [1.29, 1.82) is 0 Å². The van der Waals surface area contributed by atoms with Gasteiger partial charge in [-0.1, -0.05) is 12.1 Å². The molecule has 0 aromatic heterocycles. The van der Waals surface area contributed by atoms with Crippen LogP contribution in [0.5, 0.6) is 5.75 Å². The van der Waals surface area contributed by atoms with Crippen molar-refractivity contribution in [2.75, 3.05) is 32.8 Å². The molecule has 2 rings (SSSR count). The van der Waals surface area contributed by atoms with Crippen molar-refractivity contribution in [3.63, 3.8) is 0 Å². The number of benzene rings is 1. The molecule has 0 bridgehead atoms. The molecule has 4 heteroatoms. The molecule has 1 aromatic rings. The lowest BCUT2D eigenvalue weighted by Crippen LogP contribution is -2.41. The van der Waals surface area contributed by atoms with Gasteiger partial charge in [-0.15, -0.1) is 0 Å². The van der Waals surface area contributed by atoms with Crippen LogP contribution in [0, 0.1) is 19.8 Å². The average molecular weight is 318 g/mol. The largest absolute Gasteiger partial charge is 0.493 e. The molecule has 0 spiro atoms. The summed E-state index contributed by atoms with van der Waals surface area (Å²) in [5, 5.41) is 2.95. The Morgan fingerprint density at radius 1 is 1.39 bits per heavy atom. The topological polar surface area (TPSA) is 41.6 Å². The molecule has 0 aliphatic carbocycles. The molecule has 128 valence electrons. The summed E-state index contributed by atoms with van der Waals surface area (Å²) in [7, 11) is 0. The fraction of sp³-hybridized carbons (Fsp3) is 0.632. The van der Waals surface area contributed by atoms with Gasteiger partial charge in [-0.25, -0.2) is 0 Å². The lowest BCUT2D eigenvalue weighted by atomic mass is 9.98. The van der Waals surface area contributed by atoms with E-state index in [1.54, 1.807) is 6.92 Å². The predicted octanol–water partition coefficient (Wildman–Crippen LogP) is 2.92. The maximum Gasteiger partial charge on any atom is 0.216 e.